The first-order chi connectivity index (χ1) is 12.0. The second kappa shape index (κ2) is 7.65. The number of benzene rings is 1. The summed E-state index contributed by atoms with van der Waals surface area (Å²) >= 11 is 0. The van der Waals surface area contributed by atoms with Crippen LogP contribution in [0.5, 0.6) is 0 Å². The van der Waals surface area contributed by atoms with Gasteiger partial charge < -0.3 is 10.3 Å². The summed E-state index contributed by atoms with van der Waals surface area (Å²) in [6.07, 6.45) is -2.75. The minimum Gasteiger partial charge on any atom is -0.322 e. The maximum atomic E-state index is 13.7. The third-order valence-electron chi connectivity index (χ3n) is 4.18. The van der Waals surface area contributed by atoms with Crippen molar-refractivity contribution in [2.45, 2.75) is 45.3 Å². The lowest BCUT2D eigenvalue weighted by atomic mass is 9.90. The normalized spacial score (nSPS) is 18.9. The molecular weight excluding hydrogens is 350 g/mol. The fraction of sp³-hybridized carbons (Fsp3) is 0.500. The van der Waals surface area contributed by atoms with E-state index in [1.807, 2.05) is 20.8 Å². The SMILES string of the molecule is CC(C)CC(C)c1cc(F)ccc1NC(=O)C1=CN(C)NC1C(F)(F)F. The molecule has 1 aliphatic heterocycles. The van der Waals surface area contributed by atoms with Crippen LogP contribution in [0.1, 0.15) is 38.7 Å². The molecule has 8 heteroatoms. The highest BCUT2D eigenvalue weighted by molar-refractivity contribution is 6.05. The van der Waals surface area contributed by atoms with E-state index in [9.17, 15) is 22.4 Å². The molecule has 2 rings (SSSR count). The Kier molecular flexibility index (Phi) is 5.95. The lowest BCUT2D eigenvalue weighted by molar-refractivity contribution is -0.153. The van der Waals surface area contributed by atoms with Gasteiger partial charge in [0, 0.05) is 18.9 Å². The standard InChI is InChI=1S/C18H23F4N3O/c1-10(2)7-11(3)13-8-12(19)5-6-15(13)23-17(26)14-9-25(4)24-16(14)18(20,21)22/h5-6,8-11,16,24H,7H2,1-4H3,(H,23,26). The molecule has 1 aromatic carbocycles. The van der Waals surface area contributed by atoms with E-state index in [0.717, 1.165) is 17.6 Å². The number of alkyl halides is 3. The van der Waals surface area contributed by atoms with Crippen LogP contribution in [0.2, 0.25) is 0 Å². The average Bonchev–Trinajstić information content (AvgIpc) is 2.90. The molecular formula is C18H23F4N3O. The second-order valence-corrected chi connectivity index (χ2v) is 7.02. The third kappa shape index (κ3) is 4.75. The van der Waals surface area contributed by atoms with E-state index in [-0.39, 0.29) is 5.92 Å². The number of anilines is 1. The van der Waals surface area contributed by atoms with Crippen LogP contribution < -0.4 is 10.7 Å². The van der Waals surface area contributed by atoms with Crippen LogP contribution in [0.3, 0.4) is 0 Å². The number of hydrazine groups is 1. The molecule has 0 radical (unpaired) electrons. The highest BCUT2D eigenvalue weighted by Gasteiger charge is 2.47. The number of hydrogen-bond donors (Lipinski definition) is 2. The van der Waals surface area contributed by atoms with E-state index in [2.05, 4.69) is 10.7 Å². The Balaban J connectivity index is 2.28. The molecule has 2 N–H and O–H groups in total. The van der Waals surface area contributed by atoms with Crippen molar-refractivity contribution in [2.24, 2.45) is 5.92 Å². The number of rotatable bonds is 5. The first kappa shape index (κ1) is 20.2. The van der Waals surface area contributed by atoms with Gasteiger partial charge >= 0.3 is 6.18 Å². The fourth-order valence-electron chi connectivity index (χ4n) is 3.12. The van der Waals surface area contributed by atoms with Gasteiger partial charge in [-0.25, -0.2) is 9.82 Å². The summed E-state index contributed by atoms with van der Waals surface area (Å²) in [7, 11) is 1.38. The molecule has 26 heavy (non-hydrogen) atoms. The maximum Gasteiger partial charge on any atom is 0.409 e. The Hall–Kier alpha value is -2.09. The van der Waals surface area contributed by atoms with E-state index < -0.39 is 29.5 Å². The minimum absolute atomic E-state index is 0.0576. The molecule has 0 saturated carbocycles. The number of amides is 1. The number of carbonyl (C=O) groups excluding carboxylic acids is 1. The van der Waals surface area contributed by atoms with Crippen molar-refractivity contribution in [2.75, 3.05) is 12.4 Å². The molecule has 4 nitrogen and oxygen atoms in total. The topological polar surface area (TPSA) is 44.4 Å². The molecule has 1 aromatic rings. The zero-order chi connectivity index (χ0) is 19.6. The van der Waals surface area contributed by atoms with Crippen molar-refractivity contribution in [3.05, 3.63) is 41.4 Å². The van der Waals surface area contributed by atoms with Crippen molar-refractivity contribution < 1.29 is 22.4 Å². The predicted octanol–water partition coefficient (Wildman–Crippen LogP) is 4.18. The first-order valence-corrected chi connectivity index (χ1v) is 8.37. The monoisotopic (exact) mass is 373 g/mol. The molecule has 2 unspecified atom stereocenters. The number of carbonyl (C=O) groups is 1. The predicted molar refractivity (Wildman–Crippen MR) is 91.7 cm³/mol. The van der Waals surface area contributed by atoms with Gasteiger partial charge in [-0.2, -0.15) is 13.2 Å². The summed E-state index contributed by atoms with van der Waals surface area (Å²) in [6.45, 7) is 5.94. The Morgan fingerprint density at radius 3 is 2.54 bits per heavy atom. The van der Waals surface area contributed by atoms with Crippen LogP contribution in [0, 0.1) is 11.7 Å². The molecule has 0 aromatic heterocycles. The van der Waals surface area contributed by atoms with Gasteiger partial charge in [-0.3, -0.25) is 4.79 Å². The largest absolute Gasteiger partial charge is 0.409 e. The van der Waals surface area contributed by atoms with Crippen LogP contribution in [0.15, 0.2) is 30.0 Å². The third-order valence-corrected chi connectivity index (χ3v) is 4.18. The molecule has 144 valence electrons. The van der Waals surface area contributed by atoms with Gasteiger partial charge in [0.2, 0.25) is 0 Å². The zero-order valence-corrected chi connectivity index (χ0v) is 15.1. The molecule has 1 aliphatic rings. The Bertz CT molecular complexity index is 700. The molecule has 0 aliphatic carbocycles. The number of nitrogens with zero attached hydrogens (tertiary/aromatic N) is 1. The second-order valence-electron chi connectivity index (χ2n) is 7.02. The number of hydrogen-bond acceptors (Lipinski definition) is 3. The van der Waals surface area contributed by atoms with Crippen molar-refractivity contribution >= 4 is 11.6 Å². The van der Waals surface area contributed by atoms with Gasteiger partial charge in [-0.1, -0.05) is 20.8 Å². The number of halogens is 4. The van der Waals surface area contributed by atoms with Crippen molar-refractivity contribution in [3.63, 3.8) is 0 Å². The summed E-state index contributed by atoms with van der Waals surface area (Å²) in [4.78, 5) is 12.5. The maximum absolute atomic E-state index is 13.7. The Labute approximate surface area is 150 Å². The summed E-state index contributed by atoms with van der Waals surface area (Å²) in [6, 6.07) is 1.80. The van der Waals surface area contributed by atoms with Gasteiger partial charge in [-0.05, 0) is 42.0 Å². The van der Waals surface area contributed by atoms with Gasteiger partial charge in [0.05, 0.1) is 5.57 Å². The lowest BCUT2D eigenvalue weighted by Crippen LogP contribution is -2.45. The van der Waals surface area contributed by atoms with Crippen molar-refractivity contribution in [3.8, 4) is 0 Å². The molecule has 0 bridgehead atoms. The molecule has 0 spiro atoms. The highest BCUT2D eigenvalue weighted by Crippen LogP contribution is 2.33. The van der Waals surface area contributed by atoms with Crippen molar-refractivity contribution in [1.29, 1.82) is 0 Å². The van der Waals surface area contributed by atoms with E-state index in [1.165, 1.54) is 25.2 Å². The first-order valence-electron chi connectivity index (χ1n) is 8.37. The van der Waals surface area contributed by atoms with Crippen LogP contribution in [0.4, 0.5) is 23.2 Å². The van der Waals surface area contributed by atoms with Gasteiger partial charge in [-0.15, -0.1) is 0 Å². The van der Waals surface area contributed by atoms with E-state index >= 15 is 0 Å². The summed E-state index contributed by atoms with van der Waals surface area (Å²) < 4.78 is 53.0. The summed E-state index contributed by atoms with van der Waals surface area (Å²) in [5.41, 5.74) is 2.63. The van der Waals surface area contributed by atoms with Crippen LogP contribution in [-0.2, 0) is 4.79 Å². The smallest absolute Gasteiger partial charge is 0.322 e. The van der Waals surface area contributed by atoms with Crippen LogP contribution >= 0.6 is 0 Å². The highest BCUT2D eigenvalue weighted by atomic mass is 19.4. The van der Waals surface area contributed by atoms with Gasteiger partial charge in [0.1, 0.15) is 5.82 Å². The number of nitrogens with one attached hydrogen (secondary N) is 2. The molecule has 1 amide bonds. The molecule has 0 fully saturated rings. The minimum atomic E-state index is -4.61. The zero-order valence-electron chi connectivity index (χ0n) is 15.1. The van der Waals surface area contributed by atoms with Crippen LogP contribution in [-0.4, -0.2) is 30.2 Å². The fourth-order valence-corrected chi connectivity index (χ4v) is 3.12. The van der Waals surface area contributed by atoms with E-state index in [0.29, 0.717) is 17.2 Å². The lowest BCUT2D eigenvalue weighted by Gasteiger charge is -2.21. The average molecular weight is 373 g/mol. The quantitative estimate of drug-likeness (QED) is 0.761. The van der Waals surface area contributed by atoms with E-state index in [1.54, 1.807) is 0 Å². The Morgan fingerprint density at radius 2 is 1.96 bits per heavy atom. The van der Waals surface area contributed by atoms with Crippen LogP contribution in [0.25, 0.3) is 0 Å². The molecule has 1 heterocycles. The molecule has 0 saturated heterocycles. The van der Waals surface area contributed by atoms with Gasteiger partial charge in [0.25, 0.3) is 5.91 Å². The van der Waals surface area contributed by atoms with Gasteiger partial charge in [0.15, 0.2) is 6.04 Å². The molecule has 2 atom stereocenters. The van der Waals surface area contributed by atoms with Crippen molar-refractivity contribution in [1.82, 2.24) is 10.4 Å². The Morgan fingerprint density at radius 1 is 1.31 bits per heavy atom. The summed E-state index contributed by atoms with van der Waals surface area (Å²) in [5, 5.41) is 3.61. The van der Waals surface area contributed by atoms with E-state index in [4.69, 9.17) is 0 Å². The summed E-state index contributed by atoms with van der Waals surface area (Å²) in [5.74, 6) is -1.03.